The van der Waals surface area contributed by atoms with Crippen LogP contribution in [0.15, 0.2) is 47.1 Å². The number of hydrogen-bond donors (Lipinski definition) is 1. The molecule has 1 N–H and O–H groups in total. The number of furan rings is 1. The second-order valence-electron chi connectivity index (χ2n) is 7.33. The Morgan fingerprint density at radius 1 is 0.929 bits per heavy atom. The van der Waals surface area contributed by atoms with Gasteiger partial charge in [-0.3, -0.25) is 14.5 Å². The molecule has 0 saturated carbocycles. The number of nitrogens with one attached hydrogen (secondary N) is 1. The second kappa shape index (κ2) is 8.48. The first-order chi connectivity index (χ1) is 13.7. The number of benzene rings is 1. The molecule has 1 aromatic heterocycles. The second-order valence-corrected chi connectivity index (χ2v) is 7.33. The van der Waals surface area contributed by atoms with Crippen LogP contribution in [0.4, 0.5) is 11.4 Å². The topological polar surface area (TPSA) is 69.0 Å². The first-order valence-electron chi connectivity index (χ1n) is 9.89. The zero-order valence-corrected chi connectivity index (χ0v) is 16.0. The molecule has 28 heavy (non-hydrogen) atoms. The molecular weight excluding hydrogens is 356 g/mol. The van der Waals surface area contributed by atoms with Crippen molar-refractivity contribution in [3.8, 4) is 0 Å². The summed E-state index contributed by atoms with van der Waals surface area (Å²) in [5, 5.41) is 2.97. The Morgan fingerprint density at radius 2 is 1.64 bits per heavy atom. The maximum Gasteiger partial charge on any atom is 0.289 e. The Kier molecular flexibility index (Phi) is 5.62. The predicted molar refractivity (Wildman–Crippen MR) is 108 cm³/mol. The van der Waals surface area contributed by atoms with Crippen LogP contribution < -0.4 is 10.2 Å². The molecule has 0 aliphatic carbocycles. The van der Waals surface area contributed by atoms with Gasteiger partial charge in [-0.2, -0.15) is 0 Å². The van der Waals surface area contributed by atoms with Gasteiger partial charge >= 0.3 is 0 Å². The van der Waals surface area contributed by atoms with Crippen LogP contribution in [-0.2, 0) is 4.79 Å². The van der Waals surface area contributed by atoms with E-state index in [1.165, 1.54) is 24.8 Å². The molecule has 7 nitrogen and oxygen atoms in total. The number of amides is 2. The van der Waals surface area contributed by atoms with Gasteiger partial charge in [-0.25, -0.2) is 0 Å². The zero-order chi connectivity index (χ0) is 19.3. The van der Waals surface area contributed by atoms with E-state index in [1.54, 1.807) is 17.0 Å². The molecule has 0 atom stereocenters. The van der Waals surface area contributed by atoms with E-state index in [9.17, 15) is 9.59 Å². The van der Waals surface area contributed by atoms with Crippen molar-refractivity contribution in [2.75, 3.05) is 56.0 Å². The van der Waals surface area contributed by atoms with Crippen LogP contribution in [0.1, 0.15) is 23.4 Å². The van der Waals surface area contributed by atoms with E-state index >= 15 is 0 Å². The highest BCUT2D eigenvalue weighted by molar-refractivity contribution is 5.93. The van der Waals surface area contributed by atoms with Crippen molar-refractivity contribution < 1.29 is 14.0 Å². The van der Waals surface area contributed by atoms with Gasteiger partial charge in [0.2, 0.25) is 5.91 Å². The lowest BCUT2D eigenvalue weighted by Gasteiger charge is -2.33. The van der Waals surface area contributed by atoms with E-state index < -0.39 is 0 Å². The van der Waals surface area contributed by atoms with Crippen molar-refractivity contribution in [2.45, 2.75) is 12.8 Å². The van der Waals surface area contributed by atoms with Crippen molar-refractivity contribution in [1.29, 1.82) is 0 Å². The van der Waals surface area contributed by atoms with Gasteiger partial charge in [-0.15, -0.1) is 0 Å². The summed E-state index contributed by atoms with van der Waals surface area (Å²) in [7, 11) is 0. The van der Waals surface area contributed by atoms with Crippen LogP contribution in [0.25, 0.3) is 0 Å². The predicted octanol–water partition coefficient (Wildman–Crippen LogP) is 2.28. The highest BCUT2D eigenvalue weighted by Gasteiger charge is 2.24. The molecule has 0 bridgehead atoms. The molecule has 2 saturated heterocycles. The monoisotopic (exact) mass is 382 g/mol. The standard InChI is InChI=1S/C21H26N4O3/c26-20(22-17-5-7-18(8-6-17)24-9-1-2-10-24)16-23-11-13-25(14-12-23)21(27)19-4-3-15-28-19/h3-8,15H,1-2,9-14,16H2,(H,22,26). The van der Waals surface area contributed by atoms with Gasteiger partial charge < -0.3 is 19.5 Å². The highest BCUT2D eigenvalue weighted by atomic mass is 16.3. The molecule has 0 unspecified atom stereocenters. The maximum absolute atomic E-state index is 12.4. The van der Waals surface area contributed by atoms with Crippen LogP contribution in [0.5, 0.6) is 0 Å². The first-order valence-corrected chi connectivity index (χ1v) is 9.89. The number of carbonyl (C=O) groups is 2. The van der Waals surface area contributed by atoms with Crippen LogP contribution in [-0.4, -0.2) is 67.4 Å². The molecule has 7 heteroatoms. The quantitative estimate of drug-likeness (QED) is 0.859. The fraction of sp³-hybridized carbons (Fsp3) is 0.429. The van der Waals surface area contributed by atoms with E-state index in [0.29, 0.717) is 38.5 Å². The van der Waals surface area contributed by atoms with E-state index in [-0.39, 0.29) is 11.8 Å². The summed E-state index contributed by atoms with van der Waals surface area (Å²) in [6, 6.07) is 11.5. The largest absolute Gasteiger partial charge is 0.459 e. The van der Waals surface area contributed by atoms with Crippen molar-refractivity contribution in [3.63, 3.8) is 0 Å². The lowest BCUT2D eigenvalue weighted by molar-refractivity contribution is -0.117. The molecule has 2 aliphatic heterocycles. The lowest BCUT2D eigenvalue weighted by atomic mass is 10.2. The van der Waals surface area contributed by atoms with Gasteiger partial charge in [0, 0.05) is 50.6 Å². The Labute approximate surface area is 164 Å². The molecule has 2 amide bonds. The minimum absolute atomic E-state index is 0.0280. The van der Waals surface area contributed by atoms with Gasteiger partial charge in [-0.1, -0.05) is 0 Å². The molecule has 0 radical (unpaired) electrons. The Balaban J connectivity index is 1.23. The summed E-state index contributed by atoms with van der Waals surface area (Å²) in [6.45, 7) is 5.09. The lowest BCUT2D eigenvalue weighted by Crippen LogP contribution is -2.50. The molecule has 148 valence electrons. The first kappa shape index (κ1) is 18.6. The smallest absolute Gasteiger partial charge is 0.289 e. The Hall–Kier alpha value is -2.80. The fourth-order valence-corrected chi connectivity index (χ4v) is 3.80. The third kappa shape index (κ3) is 4.36. The van der Waals surface area contributed by atoms with E-state index in [0.717, 1.165) is 18.8 Å². The summed E-state index contributed by atoms with van der Waals surface area (Å²) in [5.74, 6) is 0.246. The summed E-state index contributed by atoms with van der Waals surface area (Å²) in [6.07, 6.45) is 4.00. The van der Waals surface area contributed by atoms with Gasteiger partial charge in [0.05, 0.1) is 12.8 Å². The van der Waals surface area contributed by atoms with E-state index in [1.807, 2.05) is 12.1 Å². The van der Waals surface area contributed by atoms with Crippen molar-refractivity contribution in [3.05, 3.63) is 48.4 Å². The Bertz CT molecular complexity index is 790. The van der Waals surface area contributed by atoms with Crippen molar-refractivity contribution in [1.82, 2.24) is 9.80 Å². The summed E-state index contributed by atoms with van der Waals surface area (Å²) >= 11 is 0. The van der Waals surface area contributed by atoms with Gasteiger partial charge in [-0.05, 0) is 49.2 Å². The minimum atomic E-state index is -0.0906. The molecule has 2 fully saturated rings. The highest BCUT2D eigenvalue weighted by Crippen LogP contribution is 2.22. The van der Waals surface area contributed by atoms with Crippen LogP contribution >= 0.6 is 0 Å². The van der Waals surface area contributed by atoms with E-state index in [2.05, 4.69) is 27.2 Å². The fourth-order valence-electron chi connectivity index (χ4n) is 3.80. The number of anilines is 2. The third-order valence-corrected chi connectivity index (χ3v) is 5.38. The third-order valence-electron chi connectivity index (χ3n) is 5.38. The normalized spacial score (nSPS) is 17.7. The van der Waals surface area contributed by atoms with Crippen LogP contribution in [0.3, 0.4) is 0 Å². The van der Waals surface area contributed by atoms with Gasteiger partial charge in [0.15, 0.2) is 5.76 Å². The van der Waals surface area contributed by atoms with Gasteiger partial charge in [0.25, 0.3) is 5.91 Å². The molecule has 4 rings (SSSR count). The number of piperazine rings is 1. The van der Waals surface area contributed by atoms with Gasteiger partial charge in [0.1, 0.15) is 0 Å². The van der Waals surface area contributed by atoms with Crippen molar-refractivity contribution in [2.24, 2.45) is 0 Å². The summed E-state index contributed by atoms with van der Waals surface area (Å²) in [4.78, 5) is 30.9. The zero-order valence-electron chi connectivity index (χ0n) is 16.0. The molecule has 2 aromatic rings. The molecule has 2 aliphatic rings. The molecule has 0 spiro atoms. The average Bonchev–Trinajstić information content (AvgIpc) is 3.43. The number of hydrogen-bond acceptors (Lipinski definition) is 5. The summed E-state index contributed by atoms with van der Waals surface area (Å²) in [5.41, 5.74) is 2.03. The average molecular weight is 382 g/mol. The Morgan fingerprint density at radius 3 is 2.29 bits per heavy atom. The minimum Gasteiger partial charge on any atom is -0.459 e. The summed E-state index contributed by atoms with van der Waals surface area (Å²) < 4.78 is 5.18. The maximum atomic E-state index is 12.4. The molecule has 3 heterocycles. The number of rotatable bonds is 5. The molecule has 1 aromatic carbocycles. The SMILES string of the molecule is O=C(CN1CCN(C(=O)c2ccco2)CC1)Nc1ccc(N2CCCC2)cc1. The molecular formula is C21H26N4O3. The number of carbonyl (C=O) groups excluding carboxylic acids is 2. The van der Waals surface area contributed by atoms with Crippen LogP contribution in [0, 0.1) is 0 Å². The van der Waals surface area contributed by atoms with Crippen molar-refractivity contribution >= 4 is 23.2 Å². The van der Waals surface area contributed by atoms with E-state index in [4.69, 9.17) is 4.42 Å². The van der Waals surface area contributed by atoms with Crippen LogP contribution in [0.2, 0.25) is 0 Å². The number of nitrogens with zero attached hydrogens (tertiary/aromatic N) is 3.